The van der Waals surface area contributed by atoms with Gasteiger partial charge in [0.05, 0.1) is 0 Å². The molecule has 5 heteroatoms. The predicted octanol–water partition coefficient (Wildman–Crippen LogP) is 5.58. The van der Waals surface area contributed by atoms with Crippen LogP contribution < -0.4 is 0 Å². The fourth-order valence-electron chi connectivity index (χ4n) is 3.02. The molecular formula is C22H34O4Si. The van der Waals surface area contributed by atoms with Crippen LogP contribution in [0.5, 0.6) is 0 Å². The summed E-state index contributed by atoms with van der Waals surface area (Å²) < 4.78 is 12.3. The highest BCUT2D eigenvalue weighted by Gasteiger charge is 2.41. The van der Waals surface area contributed by atoms with Gasteiger partial charge in [0.25, 0.3) is 0 Å². The van der Waals surface area contributed by atoms with Crippen LogP contribution in [0.15, 0.2) is 30.3 Å². The summed E-state index contributed by atoms with van der Waals surface area (Å²) in [4.78, 5) is 25.3. The Morgan fingerprint density at radius 1 is 1.00 bits per heavy atom. The Kier molecular flexibility index (Phi) is 7.40. The lowest BCUT2D eigenvalue weighted by molar-refractivity contribution is -0.152. The van der Waals surface area contributed by atoms with Crippen molar-refractivity contribution in [1.29, 1.82) is 0 Å². The number of ketones is 1. The van der Waals surface area contributed by atoms with Gasteiger partial charge in [0.15, 0.2) is 14.1 Å². The summed E-state index contributed by atoms with van der Waals surface area (Å²) in [7, 11) is -2.12. The summed E-state index contributed by atoms with van der Waals surface area (Å²) in [6.07, 6.45) is 2.77. The minimum Gasteiger partial charge on any atom is -0.457 e. The zero-order valence-electron chi connectivity index (χ0n) is 17.4. The molecule has 1 aromatic rings. The van der Waals surface area contributed by atoms with Gasteiger partial charge in [0.1, 0.15) is 12.2 Å². The fourth-order valence-corrected chi connectivity index (χ4v) is 4.31. The molecule has 2 atom stereocenters. The highest BCUT2D eigenvalue weighted by Crippen LogP contribution is 2.39. The van der Waals surface area contributed by atoms with Crippen LogP contribution in [0, 0.1) is 0 Å². The van der Waals surface area contributed by atoms with Crippen LogP contribution in [0.1, 0.15) is 71.0 Å². The molecule has 0 aliphatic carbocycles. The molecule has 1 heterocycles. The lowest BCUT2D eigenvalue weighted by Gasteiger charge is -2.39. The SMILES string of the molecule is CC(C)(C)[Si](C)(C)O[C@@H]1C[C@H](c2ccccc2)OC(=O)CCCCCC1=O. The van der Waals surface area contributed by atoms with E-state index in [0.717, 1.165) is 24.8 Å². The van der Waals surface area contributed by atoms with E-state index < -0.39 is 20.5 Å². The molecule has 1 aliphatic rings. The van der Waals surface area contributed by atoms with E-state index >= 15 is 0 Å². The molecule has 2 rings (SSSR count). The van der Waals surface area contributed by atoms with Gasteiger partial charge in [-0.2, -0.15) is 0 Å². The molecule has 1 fully saturated rings. The van der Waals surface area contributed by atoms with Crippen molar-refractivity contribution in [1.82, 2.24) is 0 Å². The van der Waals surface area contributed by atoms with E-state index in [1.807, 2.05) is 30.3 Å². The molecule has 0 bridgehead atoms. The maximum absolute atomic E-state index is 13.0. The second kappa shape index (κ2) is 9.15. The summed E-state index contributed by atoms with van der Waals surface area (Å²) in [5, 5.41) is 0.0123. The minimum absolute atomic E-state index is 0.0123. The van der Waals surface area contributed by atoms with Gasteiger partial charge in [0.2, 0.25) is 0 Å². The summed E-state index contributed by atoms with van der Waals surface area (Å²) >= 11 is 0. The van der Waals surface area contributed by atoms with Crippen LogP contribution in [0.3, 0.4) is 0 Å². The third-order valence-electron chi connectivity index (χ3n) is 5.78. The highest BCUT2D eigenvalue weighted by atomic mass is 28.4. The molecule has 0 N–H and O–H groups in total. The number of hydrogen-bond acceptors (Lipinski definition) is 4. The van der Waals surface area contributed by atoms with Crippen molar-refractivity contribution >= 4 is 20.1 Å². The lowest BCUT2D eigenvalue weighted by atomic mass is 9.99. The van der Waals surface area contributed by atoms with E-state index in [1.165, 1.54) is 0 Å². The van der Waals surface area contributed by atoms with Crippen molar-refractivity contribution in [2.45, 2.75) is 89.6 Å². The fraction of sp³-hybridized carbons (Fsp3) is 0.636. The first kappa shape index (κ1) is 21.8. The maximum atomic E-state index is 13.0. The normalized spacial score (nSPS) is 23.4. The summed E-state index contributed by atoms with van der Waals surface area (Å²) in [6.45, 7) is 10.8. The second-order valence-electron chi connectivity index (χ2n) is 9.02. The first-order valence-corrected chi connectivity index (χ1v) is 13.0. The van der Waals surface area contributed by atoms with Crippen LogP contribution in [0.25, 0.3) is 0 Å². The van der Waals surface area contributed by atoms with Crippen molar-refractivity contribution in [3.8, 4) is 0 Å². The molecular weight excluding hydrogens is 356 g/mol. The second-order valence-corrected chi connectivity index (χ2v) is 13.8. The Hall–Kier alpha value is -1.46. The van der Waals surface area contributed by atoms with Crippen molar-refractivity contribution in [2.24, 2.45) is 0 Å². The molecule has 0 amide bonds. The van der Waals surface area contributed by atoms with Gasteiger partial charge < -0.3 is 9.16 Å². The highest BCUT2D eigenvalue weighted by molar-refractivity contribution is 6.74. The number of rotatable bonds is 3. The molecule has 4 nitrogen and oxygen atoms in total. The van der Waals surface area contributed by atoms with Crippen molar-refractivity contribution in [2.75, 3.05) is 0 Å². The van der Waals surface area contributed by atoms with Gasteiger partial charge >= 0.3 is 5.97 Å². The number of carbonyl (C=O) groups excluding carboxylic acids is 2. The lowest BCUT2D eigenvalue weighted by Crippen LogP contribution is -2.46. The maximum Gasteiger partial charge on any atom is 0.306 e. The molecule has 0 spiro atoms. The van der Waals surface area contributed by atoms with Gasteiger partial charge in [0, 0.05) is 19.3 Å². The zero-order chi connectivity index (χ0) is 20.1. The van der Waals surface area contributed by atoms with Gasteiger partial charge in [-0.05, 0) is 36.5 Å². The van der Waals surface area contributed by atoms with E-state index in [-0.39, 0.29) is 16.8 Å². The van der Waals surface area contributed by atoms with E-state index in [2.05, 4.69) is 33.9 Å². The average molecular weight is 391 g/mol. The van der Waals surface area contributed by atoms with Crippen LogP contribution in [0.4, 0.5) is 0 Å². The topological polar surface area (TPSA) is 52.6 Å². The molecule has 150 valence electrons. The van der Waals surface area contributed by atoms with Gasteiger partial charge in [-0.1, -0.05) is 57.5 Å². The Morgan fingerprint density at radius 2 is 1.63 bits per heavy atom. The van der Waals surface area contributed by atoms with Crippen LogP contribution >= 0.6 is 0 Å². The standard InChI is InChI=1S/C22H34O4Si/c1-22(2,3)27(4,5)26-20-16-19(17-12-8-6-9-13-17)25-21(24)15-11-7-10-14-18(20)23/h6,8-9,12-13,19-20H,7,10-11,14-16H2,1-5H3/t19-,20-/m1/s1. The van der Waals surface area contributed by atoms with E-state index in [4.69, 9.17) is 9.16 Å². The third-order valence-corrected chi connectivity index (χ3v) is 10.3. The number of ether oxygens (including phenoxy) is 1. The molecule has 0 saturated carbocycles. The monoisotopic (exact) mass is 390 g/mol. The Labute approximate surface area is 164 Å². The Balaban J connectivity index is 2.31. The van der Waals surface area contributed by atoms with Crippen molar-refractivity contribution in [3.63, 3.8) is 0 Å². The number of esters is 1. The molecule has 0 unspecified atom stereocenters. The largest absolute Gasteiger partial charge is 0.457 e. The quantitative estimate of drug-likeness (QED) is 0.499. The molecule has 0 radical (unpaired) electrons. The van der Waals surface area contributed by atoms with Crippen LogP contribution in [0.2, 0.25) is 18.1 Å². The molecule has 1 saturated heterocycles. The summed E-state index contributed by atoms with van der Waals surface area (Å²) in [5.74, 6) is -0.0528. The van der Waals surface area contributed by atoms with Crippen molar-refractivity contribution in [3.05, 3.63) is 35.9 Å². The smallest absolute Gasteiger partial charge is 0.306 e. The third kappa shape index (κ3) is 6.28. The average Bonchev–Trinajstić information content (AvgIpc) is 2.61. The molecule has 27 heavy (non-hydrogen) atoms. The first-order valence-electron chi connectivity index (χ1n) is 10.0. The van der Waals surface area contributed by atoms with Gasteiger partial charge in [-0.25, -0.2) is 0 Å². The number of hydrogen-bond donors (Lipinski definition) is 0. The summed E-state index contributed by atoms with van der Waals surface area (Å²) in [6, 6.07) is 9.70. The van der Waals surface area contributed by atoms with E-state index in [9.17, 15) is 9.59 Å². The van der Waals surface area contributed by atoms with Gasteiger partial charge in [-0.15, -0.1) is 0 Å². The number of benzene rings is 1. The summed E-state index contributed by atoms with van der Waals surface area (Å²) in [5.41, 5.74) is 0.918. The molecule has 1 aromatic carbocycles. The Bertz CT molecular complexity index is 633. The zero-order valence-corrected chi connectivity index (χ0v) is 18.4. The first-order chi connectivity index (χ1) is 12.6. The van der Waals surface area contributed by atoms with E-state index in [1.54, 1.807) is 0 Å². The van der Waals surface area contributed by atoms with E-state index in [0.29, 0.717) is 19.3 Å². The minimum atomic E-state index is -2.12. The molecule has 0 aromatic heterocycles. The number of carbonyl (C=O) groups is 2. The number of cyclic esters (lactones) is 1. The predicted molar refractivity (Wildman–Crippen MR) is 110 cm³/mol. The number of Topliss-reactive ketones (excluding diaryl/α,β-unsaturated/α-hetero) is 1. The Morgan fingerprint density at radius 3 is 2.26 bits per heavy atom. The van der Waals surface area contributed by atoms with Crippen molar-refractivity contribution < 1.29 is 18.8 Å². The van der Waals surface area contributed by atoms with Crippen LogP contribution in [-0.4, -0.2) is 26.2 Å². The molecule has 1 aliphatic heterocycles. The van der Waals surface area contributed by atoms with Crippen LogP contribution in [-0.2, 0) is 18.8 Å². The van der Waals surface area contributed by atoms with Gasteiger partial charge in [-0.3, -0.25) is 9.59 Å².